The molecule has 1 aromatic heterocycles. The first kappa shape index (κ1) is 15.6. The minimum atomic E-state index is -0.190. The van der Waals surface area contributed by atoms with Crippen molar-refractivity contribution in [1.82, 2.24) is 9.88 Å². The molecule has 0 saturated carbocycles. The van der Waals surface area contributed by atoms with Gasteiger partial charge >= 0.3 is 0 Å². The number of hydrogen-bond donors (Lipinski definition) is 1. The van der Waals surface area contributed by atoms with E-state index in [0.717, 1.165) is 30.8 Å². The van der Waals surface area contributed by atoms with Crippen LogP contribution in [0, 0.1) is 12.7 Å². The Hall–Kier alpha value is -1.78. The number of rotatable bonds is 6. The van der Waals surface area contributed by atoms with Crippen LogP contribution in [-0.4, -0.2) is 23.5 Å². The Balaban J connectivity index is 1.85. The number of aromatic nitrogens is 1. The lowest BCUT2D eigenvalue weighted by Gasteiger charge is -2.19. The molecule has 0 aliphatic heterocycles. The highest BCUT2D eigenvalue weighted by molar-refractivity contribution is 5.25. The van der Waals surface area contributed by atoms with E-state index in [1.807, 2.05) is 31.3 Å². The van der Waals surface area contributed by atoms with Gasteiger partial charge in [0.25, 0.3) is 0 Å². The van der Waals surface area contributed by atoms with Crippen LogP contribution in [0.15, 0.2) is 42.6 Å². The van der Waals surface area contributed by atoms with Crippen molar-refractivity contribution in [2.75, 3.05) is 13.6 Å². The van der Waals surface area contributed by atoms with E-state index < -0.39 is 0 Å². The van der Waals surface area contributed by atoms with Gasteiger partial charge in [0.05, 0.1) is 5.69 Å². The van der Waals surface area contributed by atoms with Crippen LogP contribution in [0.4, 0.5) is 4.39 Å². The average molecular weight is 287 g/mol. The molecule has 2 N–H and O–H groups in total. The second-order valence-corrected chi connectivity index (χ2v) is 5.46. The molecule has 0 spiro atoms. The first-order chi connectivity index (χ1) is 10.1. The standard InChI is InChI=1S/C17H22FN3/c1-13-6-7-14(11-16(13)18)17(19)8-10-21(2)12-15-5-3-4-9-20-15/h3-7,9,11,17H,8,10,12,19H2,1-2H3. The topological polar surface area (TPSA) is 42.1 Å². The van der Waals surface area contributed by atoms with Gasteiger partial charge in [-0.15, -0.1) is 0 Å². The molecule has 1 heterocycles. The van der Waals surface area contributed by atoms with E-state index in [1.54, 1.807) is 25.3 Å². The van der Waals surface area contributed by atoms with Crippen LogP contribution >= 0.6 is 0 Å². The van der Waals surface area contributed by atoms with Crippen LogP contribution in [0.1, 0.15) is 29.3 Å². The minimum Gasteiger partial charge on any atom is -0.324 e. The zero-order valence-corrected chi connectivity index (χ0v) is 12.6. The highest BCUT2D eigenvalue weighted by atomic mass is 19.1. The largest absolute Gasteiger partial charge is 0.324 e. The number of aryl methyl sites for hydroxylation is 1. The number of nitrogens with two attached hydrogens (primary N) is 1. The van der Waals surface area contributed by atoms with Crippen molar-refractivity contribution >= 4 is 0 Å². The van der Waals surface area contributed by atoms with Crippen molar-refractivity contribution in [3.05, 3.63) is 65.2 Å². The molecule has 3 nitrogen and oxygen atoms in total. The maximum Gasteiger partial charge on any atom is 0.126 e. The maximum atomic E-state index is 13.6. The number of hydrogen-bond acceptors (Lipinski definition) is 3. The summed E-state index contributed by atoms with van der Waals surface area (Å²) in [7, 11) is 2.04. The lowest BCUT2D eigenvalue weighted by atomic mass is 10.0. The van der Waals surface area contributed by atoms with Crippen molar-refractivity contribution in [3.8, 4) is 0 Å². The number of halogens is 1. The molecular formula is C17H22FN3. The van der Waals surface area contributed by atoms with Gasteiger partial charge in [-0.3, -0.25) is 4.98 Å². The molecule has 0 amide bonds. The normalized spacial score (nSPS) is 12.6. The van der Waals surface area contributed by atoms with Crippen molar-refractivity contribution in [2.45, 2.75) is 25.9 Å². The minimum absolute atomic E-state index is 0.147. The third-order valence-electron chi connectivity index (χ3n) is 3.60. The summed E-state index contributed by atoms with van der Waals surface area (Å²) < 4.78 is 13.6. The monoisotopic (exact) mass is 287 g/mol. The Labute approximate surface area is 125 Å². The Bertz CT molecular complexity index is 572. The third-order valence-corrected chi connectivity index (χ3v) is 3.60. The van der Waals surface area contributed by atoms with Crippen molar-refractivity contribution in [1.29, 1.82) is 0 Å². The lowest BCUT2D eigenvalue weighted by molar-refractivity contribution is 0.308. The zero-order chi connectivity index (χ0) is 15.2. The molecule has 112 valence electrons. The fraction of sp³-hybridized carbons (Fsp3) is 0.353. The highest BCUT2D eigenvalue weighted by Crippen LogP contribution is 2.18. The fourth-order valence-electron chi connectivity index (χ4n) is 2.21. The number of benzene rings is 1. The van der Waals surface area contributed by atoms with E-state index in [1.165, 1.54) is 0 Å². The van der Waals surface area contributed by atoms with Crippen LogP contribution in [0.5, 0.6) is 0 Å². The first-order valence-electron chi connectivity index (χ1n) is 7.16. The summed E-state index contributed by atoms with van der Waals surface area (Å²) in [6, 6.07) is 11.0. The van der Waals surface area contributed by atoms with Crippen LogP contribution in [-0.2, 0) is 6.54 Å². The summed E-state index contributed by atoms with van der Waals surface area (Å²) in [6.07, 6.45) is 2.58. The van der Waals surface area contributed by atoms with Gasteiger partial charge in [-0.2, -0.15) is 0 Å². The van der Waals surface area contributed by atoms with E-state index >= 15 is 0 Å². The van der Waals surface area contributed by atoms with Gasteiger partial charge in [-0.25, -0.2) is 4.39 Å². The SMILES string of the molecule is Cc1ccc(C(N)CCN(C)Cc2ccccn2)cc1F. The van der Waals surface area contributed by atoms with E-state index in [9.17, 15) is 4.39 Å². The molecule has 0 aliphatic rings. The fourth-order valence-corrected chi connectivity index (χ4v) is 2.21. The van der Waals surface area contributed by atoms with Gasteiger partial charge < -0.3 is 10.6 Å². The second kappa shape index (κ2) is 7.29. The molecule has 0 radical (unpaired) electrons. The Morgan fingerprint density at radius 2 is 2.10 bits per heavy atom. The predicted octanol–water partition coefficient (Wildman–Crippen LogP) is 3.05. The van der Waals surface area contributed by atoms with Crippen LogP contribution < -0.4 is 5.73 Å². The number of pyridine rings is 1. The molecule has 1 atom stereocenters. The quantitative estimate of drug-likeness (QED) is 0.888. The van der Waals surface area contributed by atoms with Gasteiger partial charge in [-0.1, -0.05) is 18.2 Å². The first-order valence-corrected chi connectivity index (χ1v) is 7.16. The van der Waals surface area contributed by atoms with Crippen molar-refractivity contribution in [3.63, 3.8) is 0 Å². The Morgan fingerprint density at radius 1 is 1.29 bits per heavy atom. The average Bonchev–Trinajstić information content (AvgIpc) is 2.48. The summed E-state index contributed by atoms with van der Waals surface area (Å²) in [5, 5.41) is 0. The van der Waals surface area contributed by atoms with Gasteiger partial charge in [0, 0.05) is 25.3 Å². The van der Waals surface area contributed by atoms with Crippen LogP contribution in [0.2, 0.25) is 0 Å². The Kier molecular flexibility index (Phi) is 5.42. The van der Waals surface area contributed by atoms with E-state index in [2.05, 4.69) is 9.88 Å². The summed E-state index contributed by atoms with van der Waals surface area (Å²) in [4.78, 5) is 6.48. The summed E-state index contributed by atoms with van der Waals surface area (Å²) >= 11 is 0. The molecule has 0 bridgehead atoms. The predicted molar refractivity (Wildman–Crippen MR) is 83.3 cm³/mol. The maximum absolute atomic E-state index is 13.6. The third kappa shape index (κ3) is 4.62. The molecular weight excluding hydrogens is 265 g/mol. The molecule has 2 aromatic rings. The molecule has 2 rings (SSSR count). The van der Waals surface area contributed by atoms with Crippen LogP contribution in [0.3, 0.4) is 0 Å². The van der Waals surface area contributed by atoms with Crippen molar-refractivity contribution in [2.24, 2.45) is 5.73 Å². The van der Waals surface area contributed by atoms with E-state index in [-0.39, 0.29) is 11.9 Å². The van der Waals surface area contributed by atoms with Gasteiger partial charge in [0.2, 0.25) is 0 Å². The zero-order valence-electron chi connectivity index (χ0n) is 12.6. The molecule has 0 fully saturated rings. The molecule has 1 unspecified atom stereocenters. The molecule has 1 aromatic carbocycles. The second-order valence-electron chi connectivity index (χ2n) is 5.46. The van der Waals surface area contributed by atoms with Gasteiger partial charge in [0.1, 0.15) is 5.82 Å². The van der Waals surface area contributed by atoms with Gasteiger partial charge in [-0.05, 0) is 49.7 Å². The van der Waals surface area contributed by atoms with E-state index in [0.29, 0.717) is 5.56 Å². The Morgan fingerprint density at radius 3 is 2.76 bits per heavy atom. The molecule has 0 aliphatic carbocycles. The molecule has 0 saturated heterocycles. The number of nitrogens with zero attached hydrogens (tertiary/aromatic N) is 2. The van der Waals surface area contributed by atoms with Gasteiger partial charge in [0.15, 0.2) is 0 Å². The van der Waals surface area contributed by atoms with Crippen molar-refractivity contribution < 1.29 is 4.39 Å². The summed E-state index contributed by atoms with van der Waals surface area (Å²) in [6.45, 7) is 3.38. The smallest absolute Gasteiger partial charge is 0.126 e. The summed E-state index contributed by atoms with van der Waals surface area (Å²) in [5.41, 5.74) is 8.69. The lowest BCUT2D eigenvalue weighted by Crippen LogP contribution is -2.24. The molecule has 21 heavy (non-hydrogen) atoms. The highest BCUT2D eigenvalue weighted by Gasteiger charge is 2.10. The van der Waals surface area contributed by atoms with Crippen LogP contribution in [0.25, 0.3) is 0 Å². The van der Waals surface area contributed by atoms with E-state index in [4.69, 9.17) is 5.73 Å². The molecule has 4 heteroatoms. The summed E-state index contributed by atoms with van der Waals surface area (Å²) in [5.74, 6) is -0.190.